The molecule has 0 heterocycles. The number of aliphatic hydroxyl groups is 1. The second-order valence-electron chi connectivity index (χ2n) is 6.78. The molecule has 0 saturated heterocycles. The van der Waals surface area contributed by atoms with Crippen LogP contribution in [0.4, 0.5) is 0 Å². The summed E-state index contributed by atoms with van der Waals surface area (Å²) < 4.78 is 1.05. The van der Waals surface area contributed by atoms with Gasteiger partial charge in [-0.25, -0.2) is 0 Å². The summed E-state index contributed by atoms with van der Waals surface area (Å²) in [5.41, 5.74) is 0.420. The number of rotatable bonds is 7. The van der Waals surface area contributed by atoms with E-state index in [0.717, 1.165) is 3.57 Å². The smallest absolute Gasteiger partial charge is 0.185 e. The molecule has 1 N–H and O–H groups in total. The number of allylic oxidation sites excluding steroid dienone is 3. The summed E-state index contributed by atoms with van der Waals surface area (Å²) in [6.07, 6.45) is 8.80. The van der Waals surface area contributed by atoms with E-state index in [9.17, 15) is 19.5 Å². The van der Waals surface area contributed by atoms with Crippen molar-refractivity contribution in [2.45, 2.75) is 18.4 Å². The Hall–Kier alpha value is -2.64. The van der Waals surface area contributed by atoms with E-state index in [1.807, 2.05) is 12.1 Å². The number of carbonyl (C=O) groups is 3. The molecule has 3 rings (SSSR count). The van der Waals surface area contributed by atoms with E-state index in [1.165, 1.54) is 30.4 Å². The van der Waals surface area contributed by atoms with Crippen molar-refractivity contribution < 1.29 is 19.5 Å². The van der Waals surface area contributed by atoms with Crippen LogP contribution < -0.4 is 0 Å². The second kappa shape index (κ2) is 9.24. The fourth-order valence-corrected chi connectivity index (χ4v) is 3.31. The van der Waals surface area contributed by atoms with Gasteiger partial charge in [0.1, 0.15) is 5.60 Å². The van der Waals surface area contributed by atoms with Gasteiger partial charge in [0.25, 0.3) is 0 Å². The van der Waals surface area contributed by atoms with Crippen LogP contribution in [-0.2, 0) is 4.79 Å². The Morgan fingerprint density at radius 2 is 1.66 bits per heavy atom. The number of hydrogen-bond acceptors (Lipinski definition) is 4. The fraction of sp³-hybridized carbons (Fsp3) is 0.125. The van der Waals surface area contributed by atoms with Gasteiger partial charge < -0.3 is 5.11 Å². The third-order valence-corrected chi connectivity index (χ3v) is 5.35. The Bertz CT molecular complexity index is 1010. The van der Waals surface area contributed by atoms with E-state index in [2.05, 4.69) is 22.6 Å². The molecule has 0 aromatic heterocycles. The number of halogens is 1. The van der Waals surface area contributed by atoms with E-state index >= 15 is 0 Å². The molecule has 0 amide bonds. The minimum atomic E-state index is -1.30. The van der Waals surface area contributed by atoms with Crippen LogP contribution in [0.25, 0.3) is 6.08 Å². The highest BCUT2D eigenvalue weighted by molar-refractivity contribution is 14.1. The Morgan fingerprint density at radius 1 is 1.00 bits per heavy atom. The maximum absolute atomic E-state index is 12.7. The fourth-order valence-electron chi connectivity index (χ4n) is 2.95. The lowest BCUT2D eigenvalue weighted by atomic mass is 9.89. The SMILES string of the molecule is O=C1C=CC(O)(CCC(=O)c2ccccc2/C=C/C(=O)c2ccc(I)cc2)C=C1. The molecule has 2 aromatic carbocycles. The van der Waals surface area contributed by atoms with Crippen molar-refractivity contribution in [3.63, 3.8) is 0 Å². The predicted octanol–water partition coefficient (Wildman–Crippen LogP) is 4.58. The van der Waals surface area contributed by atoms with E-state index in [0.29, 0.717) is 16.7 Å². The quantitative estimate of drug-likeness (QED) is 0.345. The molecule has 0 aliphatic heterocycles. The van der Waals surface area contributed by atoms with Crippen molar-refractivity contribution in [1.82, 2.24) is 0 Å². The molecule has 1 aliphatic carbocycles. The standard InChI is InChI=1S/C24H19IO4/c25-19-8-5-18(6-9-19)22(27)10-7-17-3-1-2-4-21(17)23(28)13-16-24(29)14-11-20(26)12-15-24/h1-12,14-15,29H,13,16H2/b10-7+. The summed E-state index contributed by atoms with van der Waals surface area (Å²) in [5, 5.41) is 10.4. The number of ketones is 3. The molecular weight excluding hydrogens is 479 g/mol. The maximum Gasteiger partial charge on any atom is 0.185 e. The normalized spacial score (nSPS) is 15.0. The molecule has 0 atom stereocenters. The highest BCUT2D eigenvalue weighted by Crippen LogP contribution is 2.23. The van der Waals surface area contributed by atoms with Crippen LogP contribution in [0.1, 0.15) is 39.1 Å². The van der Waals surface area contributed by atoms with Crippen LogP contribution in [0.15, 0.2) is 78.9 Å². The minimum Gasteiger partial charge on any atom is -0.382 e. The minimum absolute atomic E-state index is 0.106. The third kappa shape index (κ3) is 5.68. The second-order valence-corrected chi connectivity index (χ2v) is 8.02. The molecule has 0 radical (unpaired) electrons. The average Bonchev–Trinajstić information content (AvgIpc) is 2.73. The van der Waals surface area contributed by atoms with Gasteiger partial charge in [0.05, 0.1) is 0 Å². The zero-order valence-corrected chi connectivity index (χ0v) is 17.7. The largest absolute Gasteiger partial charge is 0.382 e. The summed E-state index contributed by atoms with van der Waals surface area (Å²) in [7, 11) is 0. The molecule has 146 valence electrons. The molecule has 1 aliphatic rings. The molecule has 0 bridgehead atoms. The summed E-state index contributed by atoms with van der Waals surface area (Å²) in [6, 6.07) is 14.3. The van der Waals surface area contributed by atoms with E-state index in [1.54, 1.807) is 42.5 Å². The Morgan fingerprint density at radius 3 is 2.34 bits per heavy atom. The number of benzene rings is 2. The van der Waals surface area contributed by atoms with E-state index in [4.69, 9.17) is 0 Å². The molecule has 0 saturated carbocycles. The summed E-state index contributed by atoms with van der Waals surface area (Å²) in [5.74, 6) is -0.464. The molecule has 0 spiro atoms. The van der Waals surface area contributed by atoms with Crippen LogP contribution in [-0.4, -0.2) is 28.1 Å². The highest BCUT2D eigenvalue weighted by atomic mass is 127. The first-order chi connectivity index (χ1) is 13.9. The van der Waals surface area contributed by atoms with Crippen LogP contribution in [0.3, 0.4) is 0 Å². The van der Waals surface area contributed by atoms with Crippen molar-refractivity contribution in [3.05, 3.63) is 99.2 Å². The molecule has 0 fully saturated rings. The Kier molecular flexibility index (Phi) is 6.71. The monoisotopic (exact) mass is 498 g/mol. The van der Waals surface area contributed by atoms with Gasteiger partial charge in [-0.05, 0) is 77.1 Å². The van der Waals surface area contributed by atoms with Crippen LogP contribution in [0.5, 0.6) is 0 Å². The van der Waals surface area contributed by atoms with Crippen molar-refractivity contribution in [2.75, 3.05) is 0 Å². The van der Waals surface area contributed by atoms with Gasteiger partial charge >= 0.3 is 0 Å². The average molecular weight is 498 g/mol. The Labute approximate surface area is 182 Å². The lowest BCUT2D eigenvalue weighted by molar-refractivity contribution is -0.110. The summed E-state index contributed by atoms with van der Waals surface area (Å²) in [4.78, 5) is 36.3. The van der Waals surface area contributed by atoms with Gasteiger partial charge in [0, 0.05) is 21.1 Å². The molecule has 29 heavy (non-hydrogen) atoms. The van der Waals surface area contributed by atoms with Gasteiger partial charge in [-0.15, -0.1) is 0 Å². The van der Waals surface area contributed by atoms with Gasteiger partial charge in [0.2, 0.25) is 0 Å². The summed E-state index contributed by atoms with van der Waals surface area (Å²) >= 11 is 2.18. The van der Waals surface area contributed by atoms with Crippen molar-refractivity contribution in [1.29, 1.82) is 0 Å². The summed E-state index contributed by atoms with van der Waals surface area (Å²) in [6.45, 7) is 0. The predicted molar refractivity (Wildman–Crippen MR) is 121 cm³/mol. The number of carbonyl (C=O) groups excluding carboxylic acids is 3. The van der Waals surface area contributed by atoms with E-state index < -0.39 is 5.60 Å². The van der Waals surface area contributed by atoms with Gasteiger partial charge in [-0.3, -0.25) is 14.4 Å². The van der Waals surface area contributed by atoms with E-state index in [-0.39, 0.29) is 30.2 Å². The lowest BCUT2D eigenvalue weighted by Crippen LogP contribution is -2.26. The number of hydrogen-bond donors (Lipinski definition) is 1. The zero-order valence-electron chi connectivity index (χ0n) is 15.5. The van der Waals surface area contributed by atoms with Gasteiger partial charge in [0.15, 0.2) is 17.3 Å². The lowest BCUT2D eigenvalue weighted by Gasteiger charge is -2.22. The molecule has 2 aromatic rings. The molecule has 4 nitrogen and oxygen atoms in total. The van der Waals surface area contributed by atoms with Gasteiger partial charge in [-0.2, -0.15) is 0 Å². The van der Waals surface area contributed by atoms with Crippen molar-refractivity contribution in [2.24, 2.45) is 0 Å². The first kappa shape index (κ1) is 21.1. The zero-order chi connectivity index (χ0) is 20.9. The molecule has 5 heteroatoms. The Balaban J connectivity index is 1.71. The highest BCUT2D eigenvalue weighted by Gasteiger charge is 2.24. The topological polar surface area (TPSA) is 71.4 Å². The first-order valence-electron chi connectivity index (χ1n) is 9.11. The van der Waals surface area contributed by atoms with Crippen molar-refractivity contribution in [3.8, 4) is 0 Å². The maximum atomic E-state index is 12.7. The molecular formula is C24H19IO4. The number of Topliss-reactive ketones (excluding diaryl/α,β-unsaturated/α-hetero) is 1. The van der Waals surface area contributed by atoms with Crippen LogP contribution in [0.2, 0.25) is 0 Å². The molecule has 0 unspecified atom stereocenters. The van der Waals surface area contributed by atoms with Crippen molar-refractivity contribution >= 4 is 46.0 Å². The van der Waals surface area contributed by atoms with Crippen LogP contribution in [0, 0.1) is 3.57 Å². The van der Waals surface area contributed by atoms with Gasteiger partial charge in [-0.1, -0.05) is 42.5 Å². The van der Waals surface area contributed by atoms with Crippen LogP contribution >= 0.6 is 22.6 Å². The first-order valence-corrected chi connectivity index (χ1v) is 10.2. The third-order valence-electron chi connectivity index (χ3n) is 4.63.